The van der Waals surface area contributed by atoms with Gasteiger partial charge < -0.3 is 10.2 Å². The Morgan fingerprint density at radius 3 is 2.73 bits per heavy atom. The van der Waals surface area contributed by atoms with Gasteiger partial charge in [-0.25, -0.2) is 18.1 Å². The third-order valence-electron chi connectivity index (χ3n) is 3.91. The van der Waals surface area contributed by atoms with Gasteiger partial charge in [0.2, 0.25) is 16.0 Å². The second-order valence-corrected chi connectivity index (χ2v) is 9.06. The third-order valence-corrected chi connectivity index (χ3v) is 5.51. The van der Waals surface area contributed by atoms with Crippen LogP contribution in [0.3, 0.4) is 0 Å². The molecular formula is C15H19N7O2S2. The average Bonchev–Trinajstić information content (AvgIpc) is 2.90. The first-order valence-corrected chi connectivity index (χ1v) is 10.5. The van der Waals surface area contributed by atoms with Gasteiger partial charge in [-0.2, -0.15) is 14.6 Å². The van der Waals surface area contributed by atoms with E-state index in [0.29, 0.717) is 24.9 Å². The summed E-state index contributed by atoms with van der Waals surface area (Å²) in [7, 11) is -3.41. The van der Waals surface area contributed by atoms with Crippen molar-refractivity contribution in [2.75, 3.05) is 29.6 Å². The van der Waals surface area contributed by atoms with Gasteiger partial charge in [0.1, 0.15) is 10.8 Å². The number of rotatable bonds is 6. The summed E-state index contributed by atoms with van der Waals surface area (Å²) in [5, 5.41) is 13.0. The van der Waals surface area contributed by atoms with Gasteiger partial charge in [-0.05, 0) is 31.4 Å². The molecule has 3 heterocycles. The van der Waals surface area contributed by atoms with Gasteiger partial charge in [-0.1, -0.05) is 0 Å². The molecule has 0 saturated carbocycles. The molecule has 0 aliphatic carbocycles. The van der Waals surface area contributed by atoms with E-state index < -0.39 is 15.6 Å². The van der Waals surface area contributed by atoms with Crippen LogP contribution < -0.4 is 14.9 Å². The van der Waals surface area contributed by atoms with E-state index in [9.17, 15) is 8.42 Å². The first-order valence-electron chi connectivity index (χ1n) is 7.84. The fraction of sp³-hybridized carbons (Fsp3) is 0.467. The van der Waals surface area contributed by atoms with Crippen LogP contribution in [-0.2, 0) is 10.0 Å². The number of hydrogen-bond donors (Lipinski definition) is 2. The highest BCUT2D eigenvalue weighted by molar-refractivity contribution is 7.88. The zero-order valence-corrected chi connectivity index (χ0v) is 16.3. The zero-order chi connectivity index (χ0) is 18.9. The Hall–Kier alpha value is -2.29. The maximum atomic E-state index is 11.6. The Bertz CT molecular complexity index is 959. The molecule has 9 nitrogen and oxygen atoms in total. The van der Waals surface area contributed by atoms with Gasteiger partial charge in [-0.3, -0.25) is 0 Å². The first-order chi connectivity index (χ1) is 12.2. The molecule has 0 unspecified atom stereocenters. The molecule has 1 saturated heterocycles. The van der Waals surface area contributed by atoms with Crippen LogP contribution >= 0.6 is 11.5 Å². The van der Waals surface area contributed by atoms with Crippen LogP contribution in [0.25, 0.3) is 0 Å². The van der Waals surface area contributed by atoms with Crippen molar-refractivity contribution in [3.63, 3.8) is 0 Å². The van der Waals surface area contributed by atoms with E-state index in [1.165, 1.54) is 11.5 Å². The monoisotopic (exact) mass is 393 g/mol. The van der Waals surface area contributed by atoms with Gasteiger partial charge in [0.05, 0.1) is 30.0 Å². The van der Waals surface area contributed by atoms with Crippen molar-refractivity contribution in [3.05, 3.63) is 23.5 Å². The molecule has 1 aliphatic heterocycles. The molecule has 1 aliphatic rings. The normalized spacial score (nSPS) is 16.0. The molecule has 3 rings (SSSR count). The predicted octanol–water partition coefficient (Wildman–Crippen LogP) is 1.32. The van der Waals surface area contributed by atoms with Crippen molar-refractivity contribution < 1.29 is 8.42 Å². The molecule has 26 heavy (non-hydrogen) atoms. The van der Waals surface area contributed by atoms with E-state index >= 15 is 0 Å². The van der Waals surface area contributed by atoms with Crippen LogP contribution in [-0.4, -0.2) is 47.6 Å². The SMILES string of the molecule is Cc1cc(Nc2ncc(C)c(N3CC(CC#N)(NS(C)(=O)=O)C3)n2)sn1. The van der Waals surface area contributed by atoms with Crippen LogP contribution in [0.15, 0.2) is 12.3 Å². The summed E-state index contributed by atoms with van der Waals surface area (Å²) in [4.78, 5) is 10.8. The fourth-order valence-electron chi connectivity index (χ4n) is 2.94. The molecule has 1 fully saturated rings. The molecule has 0 bridgehead atoms. The van der Waals surface area contributed by atoms with Gasteiger partial charge in [0, 0.05) is 24.8 Å². The molecule has 11 heteroatoms. The van der Waals surface area contributed by atoms with Gasteiger partial charge >= 0.3 is 0 Å². The van der Waals surface area contributed by atoms with Crippen molar-refractivity contribution in [2.45, 2.75) is 25.8 Å². The van der Waals surface area contributed by atoms with E-state index in [4.69, 9.17) is 5.26 Å². The largest absolute Gasteiger partial charge is 0.352 e. The molecule has 2 aromatic rings. The lowest BCUT2D eigenvalue weighted by Crippen LogP contribution is -2.70. The molecule has 0 spiro atoms. The smallest absolute Gasteiger partial charge is 0.229 e. The molecule has 0 radical (unpaired) electrons. The Balaban J connectivity index is 1.78. The summed E-state index contributed by atoms with van der Waals surface area (Å²) in [5.41, 5.74) is 1.02. The number of nitrogens with zero attached hydrogens (tertiary/aromatic N) is 5. The number of nitriles is 1. The molecule has 0 aromatic carbocycles. The molecule has 138 valence electrons. The molecule has 2 N–H and O–H groups in total. The quantitative estimate of drug-likeness (QED) is 0.753. The van der Waals surface area contributed by atoms with E-state index in [1.54, 1.807) is 6.20 Å². The van der Waals surface area contributed by atoms with Crippen LogP contribution in [0.5, 0.6) is 0 Å². The Morgan fingerprint density at radius 1 is 1.42 bits per heavy atom. The van der Waals surface area contributed by atoms with E-state index in [-0.39, 0.29) is 6.42 Å². The van der Waals surface area contributed by atoms with Gasteiger partial charge in [-0.15, -0.1) is 0 Å². The van der Waals surface area contributed by atoms with Crippen LogP contribution in [0.1, 0.15) is 17.7 Å². The van der Waals surface area contributed by atoms with Crippen molar-refractivity contribution in [2.24, 2.45) is 0 Å². The van der Waals surface area contributed by atoms with Crippen LogP contribution in [0.4, 0.5) is 16.8 Å². The number of nitrogens with one attached hydrogen (secondary N) is 2. The lowest BCUT2D eigenvalue weighted by atomic mass is 9.88. The molecule has 0 atom stereocenters. The van der Waals surface area contributed by atoms with Crippen molar-refractivity contribution in [1.29, 1.82) is 5.26 Å². The average molecular weight is 393 g/mol. The number of anilines is 3. The zero-order valence-electron chi connectivity index (χ0n) is 14.6. The fourth-order valence-corrected chi connectivity index (χ4v) is 4.58. The number of aryl methyl sites for hydroxylation is 2. The lowest BCUT2D eigenvalue weighted by molar-refractivity contribution is 0.303. The van der Waals surface area contributed by atoms with E-state index in [0.717, 1.165) is 22.5 Å². The summed E-state index contributed by atoms with van der Waals surface area (Å²) in [6.45, 7) is 4.56. The summed E-state index contributed by atoms with van der Waals surface area (Å²) in [5.74, 6) is 1.16. The van der Waals surface area contributed by atoms with Crippen molar-refractivity contribution in [3.8, 4) is 6.07 Å². The predicted molar refractivity (Wildman–Crippen MR) is 100 cm³/mol. The van der Waals surface area contributed by atoms with Gasteiger partial charge in [0.15, 0.2) is 0 Å². The molecule has 0 amide bonds. The van der Waals surface area contributed by atoms with Gasteiger partial charge in [0.25, 0.3) is 0 Å². The highest BCUT2D eigenvalue weighted by Gasteiger charge is 2.46. The van der Waals surface area contributed by atoms with Crippen molar-refractivity contribution >= 4 is 38.3 Å². The number of hydrogen-bond acceptors (Lipinski definition) is 9. The minimum atomic E-state index is -3.41. The van der Waals surface area contributed by atoms with Crippen LogP contribution in [0.2, 0.25) is 0 Å². The summed E-state index contributed by atoms with van der Waals surface area (Å²) in [6, 6.07) is 3.97. The van der Waals surface area contributed by atoms with E-state index in [2.05, 4.69) is 30.4 Å². The summed E-state index contributed by atoms with van der Waals surface area (Å²) >= 11 is 1.33. The number of aromatic nitrogens is 3. The van der Waals surface area contributed by atoms with E-state index in [1.807, 2.05) is 24.8 Å². The Kier molecular flexibility index (Phi) is 4.83. The van der Waals surface area contributed by atoms with Crippen molar-refractivity contribution in [1.82, 2.24) is 19.1 Å². The second kappa shape index (κ2) is 6.79. The maximum absolute atomic E-state index is 11.6. The number of sulfonamides is 1. The lowest BCUT2D eigenvalue weighted by Gasteiger charge is -2.49. The topological polar surface area (TPSA) is 124 Å². The second-order valence-electron chi connectivity index (χ2n) is 6.50. The highest BCUT2D eigenvalue weighted by Crippen LogP contribution is 2.32. The minimum Gasteiger partial charge on any atom is -0.352 e. The van der Waals surface area contributed by atoms with Crippen LogP contribution in [0, 0.1) is 25.2 Å². The third kappa shape index (κ3) is 4.09. The molecular weight excluding hydrogens is 374 g/mol. The first kappa shape index (κ1) is 18.5. The summed E-state index contributed by atoms with van der Waals surface area (Å²) < 4.78 is 30.0. The molecule has 2 aromatic heterocycles. The Morgan fingerprint density at radius 2 is 2.15 bits per heavy atom. The maximum Gasteiger partial charge on any atom is 0.229 e. The minimum absolute atomic E-state index is 0.103. The highest BCUT2D eigenvalue weighted by atomic mass is 32.2. The standard InChI is InChI=1S/C15H19N7O2S2/c1-10-7-17-14(18-12-6-11(2)20-25-12)19-13(10)22-8-15(9-22,4-5-16)21-26(3,23)24/h6-7,21H,4,8-9H2,1-3H3,(H,17,18,19). The Labute approximate surface area is 156 Å². The summed E-state index contributed by atoms with van der Waals surface area (Å²) in [6.07, 6.45) is 2.92.